The van der Waals surface area contributed by atoms with Crippen LogP contribution in [0.15, 0.2) is 18.3 Å². The molecule has 2 unspecified atom stereocenters. The number of rotatable bonds is 3. The summed E-state index contributed by atoms with van der Waals surface area (Å²) in [6.07, 6.45) is -1.95. The van der Waals surface area contributed by atoms with Crippen LogP contribution in [0.1, 0.15) is 32.7 Å². The SMILES string of the molecule is CC1(C)OC[C@H]2O[C@]34CCC(O3)C(C(=O)O)O[C@@H]4[C@@H](n3cc(-c4cc(F)c(F)c(F)c4)nn3)[C@H]2O1. The molecule has 0 saturated carbocycles. The molecule has 13 heteroatoms. The number of fused-ring (bicyclic) bond motifs is 2. The minimum atomic E-state index is -1.59. The fourth-order valence-corrected chi connectivity index (χ4v) is 5.38. The lowest BCUT2D eigenvalue weighted by atomic mass is 9.87. The smallest absolute Gasteiger partial charge is 0.335 e. The Labute approximate surface area is 196 Å². The van der Waals surface area contributed by atoms with Gasteiger partial charge in [0, 0.05) is 12.0 Å². The molecule has 35 heavy (non-hydrogen) atoms. The van der Waals surface area contributed by atoms with Gasteiger partial charge in [0.05, 0.1) is 18.9 Å². The van der Waals surface area contributed by atoms with Crippen LogP contribution in [-0.4, -0.2) is 74.8 Å². The second-order valence-electron chi connectivity index (χ2n) is 9.60. The Morgan fingerprint density at radius 2 is 1.86 bits per heavy atom. The summed E-state index contributed by atoms with van der Waals surface area (Å²) in [6.45, 7) is 3.63. The minimum Gasteiger partial charge on any atom is -0.479 e. The van der Waals surface area contributed by atoms with Crippen molar-refractivity contribution in [2.75, 3.05) is 6.61 Å². The largest absolute Gasteiger partial charge is 0.479 e. The number of aliphatic carboxylic acids is 1. The molecule has 6 rings (SSSR count). The highest BCUT2D eigenvalue weighted by Gasteiger charge is 2.67. The van der Waals surface area contributed by atoms with Crippen molar-refractivity contribution in [3.63, 3.8) is 0 Å². The number of ether oxygens (including phenoxy) is 5. The summed E-state index contributed by atoms with van der Waals surface area (Å²) in [5.74, 6) is -7.72. The van der Waals surface area contributed by atoms with E-state index in [0.29, 0.717) is 12.8 Å². The Bertz CT molecular complexity index is 1170. The second kappa shape index (κ2) is 7.71. The number of aromatic nitrogens is 3. The molecule has 10 nitrogen and oxygen atoms in total. The lowest BCUT2D eigenvalue weighted by molar-refractivity contribution is -0.427. The van der Waals surface area contributed by atoms with Crippen LogP contribution in [0.25, 0.3) is 11.3 Å². The summed E-state index contributed by atoms with van der Waals surface area (Å²) in [7, 11) is 0. The zero-order valence-corrected chi connectivity index (χ0v) is 18.7. The van der Waals surface area contributed by atoms with Crippen LogP contribution in [0.4, 0.5) is 13.2 Å². The molecule has 7 atom stereocenters. The molecule has 1 N–H and O–H groups in total. The maximum absolute atomic E-state index is 13.8. The first kappa shape index (κ1) is 22.9. The van der Waals surface area contributed by atoms with E-state index in [0.717, 1.165) is 12.1 Å². The number of hydrogen-bond donors (Lipinski definition) is 1. The molecule has 0 aliphatic carbocycles. The monoisotopic (exact) mass is 497 g/mol. The molecular formula is C22H22F3N3O7. The van der Waals surface area contributed by atoms with Gasteiger partial charge in [0.1, 0.15) is 30.0 Å². The fourth-order valence-electron chi connectivity index (χ4n) is 5.38. The molecule has 2 aromatic rings. The maximum atomic E-state index is 13.8. The van der Waals surface area contributed by atoms with Crippen molar-refractivity contribution in [1.29, 1.82) is 0 Å². The standard InChI is InChI=1S/C22H22F3N3O7/c1-21(2)31-8-14-17(35-21)16(19-22(34-14)4-3-13(33-22)18(32-19)20(29)30)28-7-12(26-27-28)9-5-10(23)15(25)11(24)6-9/h5-7,13-14,16-19H,3-4,8H2,1-2H3,(H,29,30)/t13?,14-,16+,17+,18?,19-,22+/m1/s1. The van der Waals surface area contributed by atoms with Crippen molar-refractivity contribution in [2.45, 2.75) is 74.8 Å². The van der Waals surface area contributed by atoms with Gasteiger partial charge >= 0.3 is 5.97 Å². The topological polar surface area (TPSA) is 114 Å². The van der Waals surface area contributed by atoms with E-state index < -0.39 is 71.6 Å². The van der Waals surface area contributed by atoms with Gasteiger partial charge in [-0.15, -0.1) is 5.10 Å². The molecule has 4 fully saturated rings. The van der Waals surface area contributed by atoms with Crippen LogP contribution in [0.2, 0.25) is 0 Å². The fraction of sp³-hybridized carbons (Fsp3) is 0.591. The predicted molar refractivity (Wildman–Crippen MR) is 107 cm³/mol. The molecular weight excluding hydrogens is 475 g/mol. The molecule has 0 radical (unpaired) electrons. The summed E-state index contributed by atoms with van der Waals surface area (Å²) in [6, 6.07) is 0.850. The van der Waals surface area contributed by atoms with Gasteiger partial charge in [-0.05, 0) is 32.4 Å². The van der Waals surface area contributed by atoms with E-state index >= 15 is 0 Å². The van der Waals surface area contributed by atoms with Gasteiger partial charge in [-0.3, -0.25) is 0 Å². The average molecular weight is 497 g/mol. The Morgan fingerprint density at radius 3 is 2.57 bits per heavy atom. The van der Waals surface area contributed by atoms with E-state index in [1.807, 2.05) is 0 Å². The molecule has 0 amide bonds. The molecule has 1 aromatic carbocycles. The molecule has 188 valence electrons. The van der Waals surface area contributed by atoms with Gasteiger partial charge in [-0.1, -0.05) is 5.21 Å². The maximum Gasteiger partial charge on any atom is 0.335 e. The number of carboxylic acid groups (broad SMARTS) is 1. The summed E-state index contributed by atoms with van der Waals surface area (Å²) >= 11 is 0. The van der Waals surface area contributed by atoms with Crippen LogP contribution in [-0.2, 0) is 28.5 Å². The van der Waals surface area contributed by atoms with Crippen LogP contribution < -0.4 is 0 Å². The number of benzene rings is 1. The number of halogens is 3. The number of nitrogens with zero attached hydrogens (tertiary/aromatic N) is 3. The van der Waals surface area contributed by atoms with Crippen molar-refractivity contribution in [1.82, 2.24) is 15.0 Å². The molecule has 1 spiro atoms. The highest BCUT2D eigenvalue weighted by Crippen LogP contribution is 2.53. The van der Waals surface area contributed by atoms with Gasteiger partial charge in [0.2, 0.25) is 0 Å². The first-order chi connectivity index (χ1) is 16.6. The predicted octanol–water partition coefficient (Wildman–Crippen LogP) is 2.18. The number of carbonyl (C=O) groups is 1. The van der Waals surface area contributed by atoms with E-state index in [1.165, 1.54) is 10.9 Å². The molecule has 2 bridgehead atoms. The normalized spacial score (nSPS) is 37.5. The third-order valence-corrected chi connectivity index (χ3v) is 6.91. The zero-order valence-electron chi connectivity index (χ0n) is 18.7. The second-order valence-corrected chi connectivity index (χ2v) is 9.60. The van der Waals surface area contributed by atoms with Crippen LogP contribution in [0, 0.1) is 17.5 Å². The summed E-state index contributed by atoms with van der Waals surface area (Å²) in [4.78, 5) is 11.9. The lowest BCUT2D eigenvalue weighted by Gasteiger charge is -2.56. The number of hydrogen-bond acceptors (Lipinski definition) is 8. The van der Waals surface area contributed by atoms with Crippen molar-refractivity contribution in [3.8, 4) is 11.3 Å². The highest BCUT2D eigenvalue weighted by molar-refractivity contribution is 5.73. The third-order valence-electron chi connectivity index (χ3n) is 6.91. The van der Waals surface area contributed by atoms with E-state index in [-0.39, 0.29) is 17.9 Å². The summed E-state index contributed by atoms with van der Waals surface area (Å²) in [5, 5.41) is 17.9. The van der Waals surface area contributed by atoms with Gasteiger partial charge in [0.15, 0.2) is 35.1 Å². The molecule has 4 saturated heterocycles. The van der Waals surface area contributed by atoms with E-state index in [9.17, 15) is 23.1 Å². The van der Waals surface area contributed by atoms with Crippen LogP contribution in [0.5, 0.6) is 0 Å². The molecule has 1 aromatic heterocycles. The van der Waals surface area contributed by atoms with Crippen molar-refractivity contribution >= 4 is 5.97 Å². The van der Waals surface area contributed by atoms with Gasteiger partial charge in [-0.2, -0.15) is 0 Å². The Morgan fingerprint density at radius 1 is 1.14 bits per heavy atom. The van der Waals surface area contributed by atoms with Gasteiger partial charge in [0.25, 0.3) is 0 Å². The van der Waals surface area contributed by atoms with E-state index in [2.05, 4.69) is 10.3 Å². The Kier molecular flexibility index (Phi) is 5.03. The quantitative estimate of drug-likeness (QED) is 0.638. The first-order valence-corrected chi connectivity index (χ1v) is 11.2. The van der Waals surface area contributed by atoms with Crippen LogP contribution in [0.3, 0.4) is 0 Å². The van der Waals surface area contributed by atoms with Gasteiger partial charge in [-0.25, -0.2) is 22.6 Å². The van der Waals surface area contributed by atoms with Crippen LogP contribution >= 0.6 is 0 Å². The first-order valence-electron chi connectivity index (χ1n) is 11.2. The molecule has 4 aliphatic heterocycles. The zero-order chi connectivity index (χ0) is 24.7. The Hall–Kier alpha value is -2.58. The van der Waals surface area contributed by atoms with Crippen molar-refractivity contribution in [2.24, 2.45) is 0 Å². The lowest BCUT2D eigenvalue weighted by Crippen LogP contribution is -2.70. The molecule has 4 aliphatic rings. The van der Waals surface area contributed by atoms with Crippen molar-refractivity contribution < 1.29 is 46.8 Å². The van der Waals surface area contributed by atoms with Crippen molar-refractivity contribution in [3.05, 3.63) is 35.8 Å². The Balaban J connectivity index is 1.43. The highest BCUT2D eigenvalue weighted by atomic mass is 19.2. The van der Waals surface area contributed by atoms with E-state index in [4.69, 9.17) is 23.7 Å². The molecule has 5 heterocycles. The average Bonchev–Trinajstić information content (AvgIpc) is 3.41. The minimum absolute atomic E-state index is 0.0237. The van der Waals surface area contributed by atoms with Gasteiger partial charge < -0.3 is 28.8 Å². The number of carboxylic acids is 1. The van der Waals surface area contributed by atoms with E-state index in [1.54, 1.807) is 13.8 Å². The summed E-state index contributed by atoms with van der Waals surface area (Å²) in [5.41, 5.74) is 0.0476. The summed E-state index contributed by atoms with van der Waals surface area (Å²) < 4.78 is 72.9. The third kappa shape index (κ3) is 3.56.